The van der Waals surface area contributed by atoms with Crippen LogP contribution < -0.4 is 10.9 Å². The fourth-order valence-electron chi connectivity index (χ4n) is 2.60. The third-order valence-corrected chi connectivity index (χ3v) is 4.29. The number of aliphatic hydroxyl groups excluding tert-OH is 1. The van der Waals surface area contributed by atoms with Crippen molar-refractivity contribution >= 4 is 17.5 Å². The van der Waals surface area contributed by atoms with Crippen molar-refractivity contribution in [1.29, 1.82) is 0 Å². The van der Waals surface area contributed by atoms with Gasteiger partial charge in [-0.25, -0.2) is 8.78 Å². The first-order valence-electron chi connectivity index (χ1n) is 8.57. The molecule has 0 aliphatic rings. The van der Waals surface area contributed by atoms with Gasteiger partial charge in [-0.1, -0.05) is 23.7 Å². The highest BCUT2D eigenvalue weighted by Crippen LogP contribution is 2.21. The van der Waals surface area contributed by atoms with Gasteiger partial charge in [-0.3, -0.25) is 9.59 Å². The molecule has 0 bridgehead atoms. The molecule has 0 aliphatic carbocycles. The molecule has 0 spiro atoms. The van der Waals surface area contributed by atoms with Crippen molar-refractivity contribution in [2.75, 3.05) is 6.61 Å². The van der Waals surface area contributed by atoms with Crippen molar-refractivity contribution in [2.24, 2.45) is 0 Å². The molecule has 0 radical (unpaired) electrons. The Morgan fingerprint density at radius 3 is 2.38 bits per heavy atom. The quantitative estimate of drug-likeness (QED) is 0.666. The monoisotopic (exact) mass is 419 g/mol. The van der Waals surface area contributed by atoms with Crippen molar-refractivity contribution in [2.45, 2.75) is 13.0 Å². The van der Waals surface area contributed by atoms with Crippen LogP contribution in [0.3, 0.4) is 0 Å². The summed E-state index contributed by atoms with van der Waals surface area (Å²) in [5, 5.41) is 16.3. The number of nitrogens with one attached hydrogen (secondary N) is 1. The van der Waals surface area contributed by atoms with E-state index in [9.17, 15) is 18.4 Å². The van der Waals surface area contributed by atoms with Gasteiger partial charge in [0.2, 0.25) is 0 Å². The van der Waals surface area contributed by atoms with E-state index in [1.54, 1.807) is 31.2 Å². The predicted octanol–water partition coefficient (Wildman–Crippen LogP) is 2.94. The molecule has 6 nitrogen and oxygen atoms in total. The van der Waals surface area contributed by atoms with Crippen LogP contribution >= 0.6 is 11.6 Å². The van der Waals surface area contributed by atoms with Crippen LogP contribution in [0, 0.1) is 11.6 Å². The Morgan fingerprint density at radius 2 is 1.79 bits per heavy atom. The number of hydrogen-bond acceptors (Lipinski definition) is 4. The van der Waals surface area contributed by atoms with Gasteiger partial charge in [0.15, 0.2) is 0 Å². The average molecular weight is 420 g/mol. The van der Waals surface area contributed by atoms with Gasteiger partial charge in [0.1, 0.15) is 17.2 Å². The summed E-state index contributed by atoms with van der Waals surface area (Å²) < 4.78 is 28.1. The zero-order chi connectivity index (χ0) is 21.1. The van der Waals surface area contributed by atoms with E-state index in [2.05, 4.69) is 10.4 Å². The van der Waals surface area contributed by atoms with E-state index in [-0.39, 0.29) is 23.6 Å². The summed E-state index contributed by atoms with van der Waals surface area (Å²) in [6.07, 6.45) is 0. The van der Waals surface area contributed by atoms with E-state index in [0.717, 1.165) is 16.8 Å². The topological polar surface area (TPSA) is 84.2 Å². The molecule has 3 rings (SSSR count). The molecular weight excluding hydrogens is 404 g/mol. The maximum Gasteiger partial charge on any atom is 0.284 e. The number of benzene rings is 2. The highest BCUT2D eigenvalue weighted by molar-refractivity contribution is 6.30. The number of aliphatic hydroxyl groups is 1. The van der Waals surface area contributed by atoms with Crippen molar-refractivity contribution in [1.82, 2.24) is 15.1 Å². The maximum absolute atomic E-state index is 13.7. The first kappa shape index (κ1) is 20.6. The van der Waals surface area contributed by atoms with E-state index in [1.807, 2.05) is 0 Å². The number of rotatable bonds is 5. The Morgan fingerprint density at radius 1 is 1.17 bits per heavy atom. The van der Waals surface area contributed by atoms with E-state index in [0.29, 0.717) is 16.7 Å². The summed E-state index contributed by atoms with van der Waals surface area (Å²) in [7, 11) is 0. The number of carbonyl (C=O) groups excluding carboxylic acids is 1. The molecule has 0 fully saturated rings. The molecule has 0 saturated heterocycles. The smallest absolute Gasteiger partial charge is 0.284 e. The minimum absolute atomic E-state index is 0.174. The number of aromatic nitrogens is 2. The van der Waals surface area contributed by atoms with Crippen LogP contribution in [-0.2, 0) is 0 Å². The molecule has 2 N–H and O–H groups in total. The number of halogens is 3. The largest absolute Gasteiger partial charge is 0.394 e. The first-order chi connectivity index (χ1) is 13.8. The second kappa shape index (κ2) is 8.50. The molecule has 1 heterocycles. The third kappa shape index (κ3) is 4.67. The highest BCUT2D eigenvalue weighted by Gasteiger charge is 2.19. The van der Waals surface area contributed by atoms with E-state index in [4.69, 9.17) is 16.7 Å². The SMILES string of the molecule is C[C@@H](CO)NC(=O)c1cc(-c2ccc(Cl)cc2)nn(-c2cc(F)cc(F)c2)c1=O. The zero-order valence-corrected chi connectivity index (χ0v) is 16.0. The summed E-state index contributed by atoms with van der Waals surface area (Å²) >= 11 is 5.89. The third-order valence-electron chi connectivity index (χ3n) is 4.04. The average Bonchev–Trinajstić information content (AvgIpc) is 2.67. The fraction of sp³-hybridized carbons (Fsp3) is 0.150. The van der Waals surface area contributed by atoms with Gasteiger partial charge in [-0.15, -0.1) is 0 Å². The van der Waals surface area contributed by atoms with Crippen LogP contribution in [0.5, 0.6) is 0 Å². The highest BCUT2D eigenvalue weighted by atomic mass is 35.5. The number of carbonyl (C=O) groups is 1. The van der Waals surface area contributed by atoms with Crippen molar-refractivity contribution in [3.63, 3.8) is 0 Å². The molecule has 1 aromatic heterocycles. The minimum atomic E-state index is -0.898. The maximum atomic E-state index is 13.7. The van der Waals surface area contributed by atoms with Crippen LogP contribution in [0.1, 0.15) is 17.3 Å². The Hall–Kier alpha value is -3.10. The lowest BCUT2D eigenvalue weighted by Crippen LogP contribution is -2.39. The van der Waals surface area contributed by atoms with Gasteiger partial charge in [0, 0.05) is 22.7 Å². The summed E-state index contributed by atoms with van der Waals surface area (Å²) in [4.78, 5) is 25.4. The van der Waals surface area contributed by atoms with Gasteiger partial charge in [0.25, 0.3) is 11.5 Å². The summed E-state index contributed by atoms with van der Waals surface area (Å²) in [6, 6.07) is 9.66. The number of nitrogens with zero attached hydrogens (tertiary/aromatic N) is 2. The Kier molecular flexibility index (Phi) is 6.05. The molecule has 150 valence electrons. The second-order valence-electron chi connectivity index (χ2n) is 6.35. The summed E-state index contributed by atoms with van der Waals surface area (Å²) in [5.41, 5.74) is -0.588. The fourth-order valence-corrected chi connectivity index (χ4v) is 2.73. The first-order valence-corrected chi connectivity index (χ1v) is 8.95. The lowest BCUT2D eigenvalue weighted by molar-refractivity contribution is 0.0920. The number of hydrogen-bond donors (Lipinski definition) is 2. The van der Waals surface area contributed by atoms with Gasteiger partial charge >= 0.3 is 0 Å². The summed E-state index contributed by atoms with van der Waals surface area (Å²) in [6.45, 7) is 1.23. The second-order valence-corrected chi connectivity index (χ2v) is 6.79. The van der Waals surface area contributed by atoms with Crippen LogP contribution in [0.25, 0.3) is 16.9 Å². The lowest BCUT2D eigenvalue weighted by atomic mass is 10.1. The van der Waals surface area contributed by atoms with E-state index in [1.165, 1.54) is 6.07 Å². The molecule has 0 unspecified atom stereocenters. The van der Waals surface area contributed by atoms with Gasteiger partial charge in [-0.05, 0) is 37.3 Å². The molecule has 2 aromatic carbocycles. The standard InChI is InChI=1S/C20H16ClF2N3O3/c1-11(10-27)24-19(28)17-9-18(12-2-4-13(21)5-3-12)25-26(20(17)29)16-7-14(22)6-15(23)8-16/h2-9,11,27H,10H2,1H3,(H,24,28)/t11-/m0/s1. The van der Waals surface area contributed by atoms with E-state index >= 15 is 0 Å². The van der Waals surface area contributed by atoms with Crippen molar-refractivity contribution in [3.05, 3.63) is 81.1 Å². The van der Waals surface area contributed by atoms with Crippen LogP contribution in [-0.4, -0.2) is 33.4 Å². The molecule has 1 amide bonds. The van der Waals surface area contributed by atoms with Gasteiger partial charge < -0.3 is 10.4 Å². The zero-order valence-electron chi connectivity index (χ0n) is 15.2. The number of amides is 1. The van der Waals surface area contributed by atoms with Gasteiger partial charge in [0.05, 0.1) is 18.0 Å². The van der Waals surface area contributed by atoms with Crippen LogP contribution in [0.4, 0.5) is 8.78 Å². The molecule has 0 aliphatic heterocycles. The van der Waals surface area contributed by atoms with Crippen molar-refractivity contribution < 1.29 is 18.7 Å². The molecule has 29 heavy (non-hydrogen) atoms. The Balaban J connectivity index is 2.22. The normalized spacial score (nSPS) is 11.9. The minimum Gasteiger partial charge on any atom is -0.394 e. The predicted molar refractivity (Wildman–Crippen MR) is 104 cm³/mol. The molecule has 9 heteroatoms. The molecule has 3 aromatic rings. The Bertz CT molecular complexity index is 1100. The Labute approximate surface area is 169 Å². The molecular formula is C20H16ClF2N3O3. The molecule has 0 saturated carbocycles. The van der Waals surface area contributed by atoms with Crippen molar-refractivity contribution in [3.8, 4) is 16.9 Å². The lowest BCUT2D eigenvalue weighted by Gasteiger charge is -2.13. The van der Waals surface area contributed by atoms with E-state index < -0.39 is 29.1 Å². The molecule has 1 atom stereocenters. The summed E-state index contributed by atoms with van der Waals surface area (Å²) in [5.74, 6) is -2.55. The van der Waals surface area contributed by atoms with Crippen LogP contribution in [0.2, 0.25) is 5.02 Å². The van der Waals surface area contributed by atoms with Gasteiger partial charge in [-0.2, -0.15) is 9.78 Å². The van der Waals surface area contributed by atoms with Crippen LogP contribution in [0.15, 0.2) is 53.3 Å².